The molecule has 0 unspecified atom stereocenters. The van der Waals surface area contributed by atoms with E-state index in [0.717, 1.165) is 0 Å². The van der Waals surface area contributed by atoms with E-state index in [1.807, 2.05) is 6.92 Å². The fraction of sp³-hybridized carbons (Fsp3) is 0.125. The van der Waals surface area contributed by atoms with Crippen LogP contribution < -0.4 is 15.0 Å². The van der Waals surface area contributed by atoms with Crippen molar-refractivity contribution in [2.45, 2.75) is 11.8 Å². The van der Waals surface area contributed by atoms with Crippen LogP contribution in [0.3, 0.4) is 0 Å². The Morgan fingerprint density at radius 1 is 1.24 bits per heavy atom. The molecule has 2 aromatic rings. The second-order valence-corrected chi connectivity index (χ2v) is 6.60. The molecule has 132 valence electrons. The van der Waals surface area contributed by atoms with E-state index < -0.39 is 14.9 Å². The zero-order valence-corrected chi connectivity index (χ0v) is 14.2. The molecule has 0 atom stereocenters. The van der Waals surface area contributed by atoms with Crippen molar-refractivity contribution in [1.29, 1.82) is 0 Å². The Hall–Kier alpha value is -2.91. The molecule has 0 aliphatic rings. The van der Waals surface area contributed by atoms with Gasteiger partial charge < -0.3 is 10.2 Å². The van der Waals surface area contributed by atoms with Gasteiger partial charge >= 0.3 is 0 Å². The summed E-state index contributed by atoms with van der Waals surface area (Å²) in [5.41, 5.74) is 2.91. The average molecular weight is 363 g/mol. The van der Waals surface area contributed by atoms with Gasteiger partial charge in [0.2, 0.25) is 0 Å². The number of nitro groups is 1. The van der Waals surface area contributed by atoms with Crippen LogP contribution in [-0.2, 0) is 10.0 Å². The van der Waals surface area contributed by atoms with Crippen LogP contribution in [0.2, 0.25) is 0 Å². The lowest BCUT2D eigenvalue weighted by atomic mass is 10.1. The Bertz CT molecular complexity index is 879. The summed E-state index contributed by atoms with van der Waals surface area (Å²) in [5.74, 6) is 0.565. The van der Waals surface area contributed by atoms with E-state index in [0.29, 0.717) is 17.9 Å². The third kappa shape index (κ3) is 4.78. The molecule has 0 saturated carbocycles. The average Bonchev–Trinajstić information content (AvgIpc) is 2.60. The summed E-state index contributed by atoms with van der Waals surface area (Å²) in [6.45, 7) is 5.99. The monoisotopic (exact) mass is 363 g/mol. The zero-order chi connectivity index (χ0) is 18.4. The fourth-order valence-electron chi connectivity index (χ4n) is 1.95. The number of sulfonamides is 1. The van der Waals surface area contributed by atoms with Crippen molar-refractivity contribution in [3.8, 4) is 5.75 Å². The molecule has 0 spiro atoms. The second-order valence-electron chi connectivity index (χ2n) is 4.92. The van der Waals surface area contributed by atoms with Crippen molar-refractivity contribution in [3.63, 3.8) is 0 Å². The number of nitrogens with one attached hydrogen (secondary N) is 2. The molecule has 0 heterocycles. The summed E-state index contributed by atoms with van der Waals surface area (Å²) < 4.78 is 29.8. The van der Waals surface area contributed by atoms with Crippen molar-refractivity contribution in [3.05, 3.63) is 70.8 Å². The smallest absolute Gasteiger partial charge is 0.270 e. The molecule has 0 aliphatic heterocycles. The lowest BCUT2D eigenvalue weighted by Crippen LogP contribution is -2.35. The van der Waals surface area contributed by atoms with Crippen LogP contribution in [0.5, 0.6) is 5.75 Å². The van der Waals surface area contributed by atoms with Gasteiger partial charge in [0.25, 0.3) is 15.7 Å². The lowest BCUT2D eigenvalue weighted by Gasteiger charge is -2.12. The topological polar surface area (TPSA) is 111 Å². The van der Waals surface area contributed by atoms with Crippen molar-refractivity contribution >= 4 is 21.4 Å². The number of benzene rings is 2. The Morgan fingerprint density at radius 2 is 1.92 bits per heavy atom. The van der Waals surface area contributed by atoms with Crippen molar-refractivity contribution in [1.82, 2.24) is 10.3 Å². The van der Waals surface area contributed by atoms with Crippen LogP contribution >= 0.6 is 0 Å². The molecule has 0 radical (unpaired) electrons. The molecule has 2 N–H and O–H groups in total. The molecule has 0 bridgehead atoms. The number of rotatable bonds is 8. The number of nitro benzene ring substituents is 1. The molecule has 0 fully saturated rings. The Labute approximate surface area is 145 Å². The minimum Gasteiger partial charge on any atom is -0.494 e. The highest BCUT2D eigenvalue weighted by atomic mass is 32.2. The maximum Gasteiger partial charge on any atom is 0.270 e. The number of non-ortho nitro benzene ring substituents is 1. The maximum atomic E-state index is 12.2. The molecule has 9 heteroatoms. The number of hydrogen-bond donors (Lipinski definition) is 2. The Balaban J connectivity index is 2.07. The van der Waals surface area contributed by atoms with Crippen LogP contribution in [0.4, 0.5) is 5.69 Å². The van der Waals surface area contributed by atoms with Gasteiger partial charge in [0.1, 0.15) is 5.75 Å². The van der Waals surface area contributed by atoms with Gasteiger partial charge in [-0.1, -0.05) is 18.7 Å². The molecule has 0 aromatic heterocycles. The van der Waals surface area contributed by atoms with Gasteiger partial charge in [0.15, 0.2) is 0 Å². The minimum atomic E-state index is -3.83. The third-order valence-electron chi connectivity index (χ3n) is 3.19. The zero-order valence-electron chi connectivity index (χ0n) is 13.4. The van der Waals surface area contributed by atoms with Gasteiger partial charge in [-0.25, -0.2) is 8.42 Å². The molecule has 25 heavy (non-hydrogen) atoms. The number of hydrazine groups is 1. The van der Waals surface area contributed by atoms with E-state index in [1.54, 1.807) is 18.2 Å². The fourth-order valence-corrected chi connectivity index (χ4v) is 2.82. The normalized spacial score (nSPS) is 10.9. The first-order chi connectivity index (χ1) is 11.8. The van der Waals surface area contributed by atoms with E-state index in [-0.39, 0.29) is 16.3 Å². The van der Waals surface area contributed by atoms with Crippen molar-refractivity contribution < 1.29 is 18.1 Å². The highest BCUT2D eigenvalue weighted by Gasteiger charge is 2.15. The largest absolute Gasteiger partial charge is 0.494 e. The highest BCUT2D eigenvalue weighted by molar-refractivity contribution is 7.89. The summed E-state index contributed by atoms with van der Waals surface area (Å²) in [6, 6.07) is 11.6. The van der Waals surface area contributed by atoms with Crippen LogP contribution in [0.15, 0.2) is 60.0 Å². The van der Waals surface area contributed by atoms with Gasteiger partial charge in [-0.15, -0.1) is 4.83 Å². The summed E-state index contributed by atoms with van der Waals surface area (Å²) in [4.78, 5) is 12.5. The van der Waals surface area contributed by atoms with Gasteiger partial charge in [-0.3, -0.25) is 10.1 Å². The number of nitrogens with zero attached hydrogens (tertiary/aromatic N) is 1. The first kappa shape index (κ1) is 18.4. The standard InChI is InChI=1S/C16H17N3O5S/c1-3-24-15-7-9-16(10-8-15)25(22,23)18-17-12(2)13-5-4-6-14(11-13)19(20)21/h4-11,17-18H,2-3H2,1H3. The molecular weight excluding hydrogens is 346 g/mol. The molecule has 8 nitrogen and oxygen atoms in total. The molecule has 2 aromatic carbocycles. The third-order valence-corrected chi connectivity index (χ3v) is 4.45. The maximum absolute atomic E-state index is 12.2. The second kappa shape index (κ2) is 7.77. The van der Waals surface area contributed by atoms with E-state index in [1.165, 1.54) is 30.3 Å². The van der Waals surface area contributed by atoms with Crippen LogP contribution in [0.25, 0.3) is 5.70 Å². The predicted molar refractivity (Wildman–Crippen MR) is 93.2 cm³/mol. The van der Waals surface area contributed by atoms with Gasteiger partial charge in [-0.2, -0.15) is 0 Å². The van der Waals surface area contributed by atoms with Gasteiger partial charge in [0.05, 0.1) is 22.1 Å². The summed E-state index contributed by atoms with van der Waals surface area (Å²) in [7, 11) is -3.83. The molecule has 0 amide bonds. The van der Waals surface area contributed by atoms with Gasteiger partial charge in [-0.05, 0) is 31.2 Å². The van der Waals surface area contributed by atoms with Gasteiger partial charge in [0, 0.05) is 17.7 Å². The van der Waals surface area contributed by atoms with Crippen molar-refractivity contribution in [2.75, 3.05) is 6.61 Å². The van der Waals surface area contributed by atoms with E-state index in [2.05, 4.69) is 16.8 Å². The molecular formula is C16H17N3O5S. The Kier molecular flexibility index (Phi) is 5.73. The summed E-state index contributed by atoms with van der Waals surface area (Å²) >= 11 is 0. The number of hydrogen-bond acceptors (Lipinski definition) is 6. The van der Waals surface area contributed by atoms with E-state index >= 15 is 0 Å². The molecule has 2 rings (SSSR count). The van der Waals surface area contributed by atoms with E-state index in [9.17, 15) is 18.5 Å². The van der Waals surface area contributed by atoms with Crippen molar-refractivity contribution in [2.24, 2.45) is 0 Å². The highest BCUT2D eigenvalue weighted by Crippen LogP contribution is 2.18. The minimum absolute atomic E-state index is 0.0373. The van der Waals surface area contributed by atoms with Crippen LogP contribution in [0, 0.1) is 10.1 Å². The first-order valence-electron chi connectivity index (χ1n) is 7.28. The predicted octanol–water partition coefficient (Wildman–Crippen LogP) is 2.45. The first-order valence-corrected chi connectivity index (χ1v) is 8.76. The molecule has 0 saturated heterocycles. The molecule has 0 aliphatic carbocycles. The van der Waals surface area contributed by atoms with Crippen LogP contribution in [-0.4, -0.2) is 19.9 Å². The SMILES string of the molecule is C=C(NNS(=O)(=O)c1ccc(OCC)cc1)c1cccc([N+](=O)[O-])c1. The van der Waals surface area contributed by atoms with E-state index in [4.69, 9.17) is 4.74 Å². The Morgan fingerprint density at radius 3 is 2.52 bits per heavy atom. The number of ether oxygens (including phenoxy) is 1. The lowest BCUT2D eigenvalue weighted by molar-refractivity contribution is -0.384. The van der Waals surface area contributed by atoms with Crippen LogP contribution in [0.1, 0.15) is 12.5 Å². The quantitative estimate of drug-likeness (QED) is 0.550. The summed E-state index contributed by atoms with van der Waals surface area (Å²) in [6.07, 6.45) is 0. The summed E-state index contributed by atoms with van der Waals surface area (Å²) in [5, 5.41) is 10.8.